The van der Waals surface area contributed by atoms with E-state index in [4.69, 9.17) is 15.2 Å². The molecule has 2 aromatic carbocycles. The number of rotatable bonds is 7. The van der Waals surface area contributed by atoms with Crippen molar-refractivity contribution in [2.75, 3.05) is 14.1 Å². The van der Waals surface area contributed by atoms with Crippen LogP contribution >= 0.6 is 0 Å². The average molecular weight is 485 g/mol. The molecule has 2 unspecified atom stereocenters. The highest BCUT2D eigenvalue weighted by Gasteiger charge is 2.39. The maximum absolute atomic E-state index is 13.2. The van der Waals surface area contributed by atoms with Gasteiger partial charge in [0.25, 0.3) is 0 Å². The number of nitriles is 1. The summed E-state index contributed by atoms with van der Waals surface area (Å²) in [5, 5.41) is 17.4. The zero-order chi connectivity index (χ0) is 25.6. The summed E-state index contributed by atoms with van der Waals surface area (Å²) < 4.78 is 45.3. The maximum Gasteiger partial charge on any atom is 0.433 e. The van der Waals surface area contributed by atoms with Gasteiger partial charge >= 0.3 is 6.18 Å². The zero-order valence-electron chi connectivity index (χ0n) is 19.5. The molecule has 35 heavy (non-hydrogen) atoms. The van der Waals surface area contributed by atoms with E-state index in [1.54, 1.807) is 38.4 Å². The first kappa shape index (κ1) is 25.8. The van der Waals surface area contributed by atoms with E-state index in [0.29, 0.717) is 33.8 Å². The molecule has 0 saturated heterocycles. The van der Waals surface area contributed by atoms with Gasteiger partial charge in [0.2, 0.25) is 0 Å². The van der Waals surface area contributed by atoms with Crippen LogP contribution in [-0.2, 0) is 19.2 Å². The molecule has 1 fully saturated rings. The van der Waals surface area contributed by atoms with Gasteiger partial charge in [-0.1, -0.05) is 36.9 Å². The first-order valence-corrected chi connectivity index (χ1v) is 11.0. The van der Waals surface area contributed by atoms with Crippen LogP contribution in [0.2, 0.25) is 0 Å². The number of halogens is 3. The van der Waals surface area contributed by atoms with Crippen molar-refractivity contribution in [3.8, 4) is 11.9 Å². The van der Waals surface area contributed by atoms with Gasteiger partial charge in [-0.3, -0.25) is 10.7 Å². The van der Waals surface area contributed by atoms with Crippen molar-refractivity contribution in [2.24, 2.45) is 11.8 Å². The van der Waals surface area contributed by atoms with E-state index in [1.807, 2.05) is 30.5 Å². The number of fused-ring (bicyclic) bond motifs is 1. The van der Waals surface area contributed by atoms with Crippen molar-refractivity contribution in [2.45, 2.75) is 25.6 Å². The van der Waals surface area contributed by atoms with E-state index in [-0.39, 0.29) is 12.5 Å². The number of hydroxylamine groups is 1. The molecule has 1 saturated carbocycles. The van der Waals surface area contributed by atoms with Crippen molar-refractivity contribution in [1.29, 1.82) is 5.26 Å². The Hall–Kier alpha value is -3.77. The van der Waals surface area contributed by atoms with Crippen LogP contribution in [0.5, 0.6) is 5.75 Å². The van der Waals surface area contributed by atoms with Crippen LogP contribution in [0.25, 0.3) is 10.9 Å². The zero-order valence-corrected chi connectivity index (χ0v) is 19.5. The predicted molar refractivity (Wildman–Crippen MR) is 126 cm³/mol. The molecule has 0 radical (unpaired) electrons. The number of nitrogens with zero attached hydrogens (tertiary/aromatic N) is 3. The molecule has 1 aliphatic carbocycles. The summed E-state index contributed by atoms with van der Waals surface area (Å²) in [5.41, 5.74) is 3.70. The molecular formula is C26H27F3N4O2. The Morgan fingerprint density at radius 2 is 1.89 bits per heavy atom. The number of pyridine rings is 1. The number of benzene rings is 2. The molecule has 4 rings (SSSR count). The Bertz CT molecular complexity index is 1200. The lowest BCUT2D eigenvalue weighted by molar-refractivity contribution is -0.141. The second-order valence-electron chi connectivity index (χ2n) is 8.55. The van der Waals surface area contributed by atoms with Crippen LogP contribution in [0.1, 0.15) is 23.2 Å². The van der Waals surface area contributed by atoms with Crippen LogP contribution in [0.4, 0.5) is 13.2 Å². The number of hydrogen-bond acceptors (Lipinski definition) is 6. The van der Waals surface area contributed by atoms with Crippen LogP contribution < -0.4 is 10.2 Å². The van der Waals surface area contributed by atoms with Crippen molar-refractivity contribution >= 4 is 10.9 Å². The molecule has 2 atom stereocenters. The van der Waals surface area contributed by atoms with Gasteiger partial charge in [-0.05, 0) is 48.6 Å². The van der Waals surface area contributed by atoms with E-state index in [2.05, 4.69) is 17.0 Å². The molecule has 2 N–H and O–H groups in total. The standard InChI is InChI=1S/C23H21F3N2O2.C3H6N2/c1-14(28-29)20-11-16(20)10-15-6-8-18(9-7-15)30-13-17-12-22(23(24,25)26)27-21-5-3-2-4-19(17)21;1-5(2)3-4/h2-9,12,16,20,28-29H,1,10-11,13H2;1-2H3. The highest BCUT2D eigenvalue weighted by atomic mass is 19.4. The monoisotopic (exact) mass is 484 g/mol. The highest BCUT2D eigenvalue weighted by molar-refractivity contribution is 5.82. The van der Waals surface area contributed by atoms with Gasteiger partial charge in [0.05, 0.1) is 5.52 Å². The molecule has 1 heterocycles. The fraction of sp³-hybridized carbons (Fsp3) is 0.308. The van der Waals surface area contributed by atoms with E-state index in [9.17, 15) is 13.2 Å². The van der Waals surface area contributed by atoms with Crippen LogP contribution in [0, 0.1) is 23.3 Å². The highest BCUT2D eigenvalue weighted by Crippen LogP contribution is 2.44. The molecular weight excluding hydrogens is 457 g/mol. The topological polar surface area (TPSA) is 81.4 Å². The molecule has 184 valence electrons. The molecule has 9 heteroatoms. The van der Waals surface area contributed by atoms with Crippen molar-refractivity contribution in [3.63, 3.8) is 0 Å². The van der Waals surface area contributed by atoms with Gasteiger partial charge in [0.1, 0.15) is 18.1 Å². The Kier molecular flexibility index (Phi) is 8.20. The summed E-state index contributed by atoms with van der Waals surface area (Å²) in [5.74, 6) is 1.32. The smallest absolute Gasteiger partial charge is 0.433 e. The molecule has 1 aromatic heterocycles. The molecule has 1 aliphatic rings. The number of aromatic nitrogens is 1. The predicted octanol–water partition coefficient (Wildman–Crippen LogP) is 5.53. The third-order valence-corrected chi connectivity index (χ3v) is 5.62. The first-order valence-electron chi connectivity index (χ1n) is 11.0. The van der Waals surface area contributed by atoms with E-state index >= 15 is 0 Å². The lowest BCUT2D eigenvalue weighted by atomic mass is 10.1. The molecule has 0 bridgehead atoms. The normalized spacial score (nSPS) is 16.5. The number of para-hydroxylation sites is 1. The average Bonchev–Trinajstić information content (AvgIpc) is 3.61. The van der Waals surface area contributed by atoms with Crippen LogP contribution in [-0.4, -0.2) is 29.2 Å². The van der Waals surface area contributed by atoms with Gasteiger partial charge in [-0.25, -0.2) is 4.98 Å². The van der Waals surface area contributed by atoms with Crippen molar-refractivity contribution in [3.05, 3.63) is 83.7 Å². The van der Waals surface area contributed by atoms with E-state index in [0.717, 1.165) is 24.5 Å². The molecule has 0 spiro atoms. The number of nitrogens with one attached hydrogen (secondary N) is 1. The van der Waals surface area contributed by atoms with Gasteiger partial charge < -0.3 is 9.64 Å². The quantitative estimate of drug-likeness (QED) is 0.261. The molecule has 0 aliphatic heterocycles. The number of allylic oxidation sites excluding steroid dienone is 1. The largest absolute Gasteiger partial charge is 0.489 e. The first-order chi connectivity index (χ1) is 16.6. The van der Waals surface area contributed by atoms with E-state index in [1.165, 1.54) is 4.90 Å². The van der Waals surface area contributed by atoms with Crippen molar-refractivity contribution < 1.29 is 23.1 Å². The summed E-state index contributed by atoms with van der Waals surface area (Å²) in [7, 11) is 3.39. The molecule has 3 aromatic rings. The van der Waals surface area contributed by atoms with Gasteiger partial charge in [-0.15, -0.1) is 0 Å². The Morgan fingerprint density at radius 1 is 1.23 bits per heavy atom. The number of ether oxygens (including phenoxy) is 1. The summed E-state index contributed by atoms with van der Waals surface area (Å²) >= 11 is 0. The Labute approximate surface area is 202 Å². The Balaban J connectivity index is 0.000000623. The van der Waals surface area contributed by atoms with Gasteiger partial charge in [-0.2, -0.15) is 18.4 Å². The minimum atomic E-state index is -4.52. The minimum Gasteiger partial charge on any atom is -0.489 e. The van der Waals surface area contributed by atoms with Crippen LogP contribution in [0.15, 0.2) is 66.9 Å². The Morgan fingerprint density at radius 3 is 2.49 bits per heavy atom. The number of hydrogen-bond donors (Lipinski definition) is 2. The third kappa shape index (κ3) is 7.11. The lowest BCUT2D eigenvalue weighted by Gasteiger charge is -2.13. The fourth-order valence-corrected chi connectivity index (χ4v) is 3.68. The van der Waals surface area contributed by atoms with E-state index < -0.39 is 11.9 Å². The molecule has 6 nitrogen and oxygen atoms in total. The summed E-state index contributed by atoms with van der Waals surface area (Å²) in [6.07, 6.45) is -0.797. The summed E-state index contributed by atoms with van der Waals surface area (Å²) in [6.45, 7) is 3.79. The maximum atomic E-state index is 13.2. The summed E-state index contributed by atoms with van der Waals surface area (Å²) in [6, 6.07) is 15.3. The van der Waals surface area contributed by atoms with Gasteiger partial charge in [0.15, 0.2) is 6.19 Å². The van der Waals surface area contributed by atoms with Crippen LogP contribution in [0.3, 0.4) is 0 Å². The fourth-order valence-electron chi connectivity index (χ4n) is 3.68. The summed E-state index contributed by atoms with van der Waals surface area (Å²) in [4.78, 5) is 5.16. The molecule has 0 amide bonds. The SMILES string of the molecule is C=C(NO)C1CC1Cc1ccc(OCc2cc(C(F)(F)F)nc3ccccc23)cc1.CN(C)C#N. The lowest BCUT2D eigenvalue weighted by Crippen LogP contribution is -2.10. The van der Waals surface area contributed by atoms with Crippen molar-refractivity contribution in [1.82, 2.24) is 15.4 Å². The third-order valence-electron chi connectivity index (χ3n) is 5.62. The van der Waals surface area contributed by atoms with Gasteiger partial charge in [0, 0.05) is 36.7 Å². The second kappa shape index (κ2) is 11.1. The minimum absolute atomic E-state index is 0.0121. The second-order valence-corrected chi connectivity index (χ2v) is 8.55. The number of alkyl halides is 3.